The molecule has 17 rings (SSSR count). The smallest absolute Gasteiger partial charge is 0.0726 e. The van der Waals surface area contributed by atoms with Crippen molar-refractivity contribution in [1.82, 2.24) is 4.57 Å². The second-order valence-electron chi connectivity index (χ2n) is 23.6. The fraction of sp³-hybridized carbons (Fsp3) is 0.0488. The third kappa shape index (κ3) is 7.33. The average Bonchev–Trinajstić information content (AvgIpc) is 1.57. The summed E-state index contributed by atoms with van der Waals surface area (Å²) >= 11 is 0. The molecule has 400 valence electrons. The molecule has 85 heavy (non-hydrogen) atoms. The highest BCUT2D eigenvalue weighted by Crippen LogP contribution is 2.63. The number of anilines is 6. The van der Waals surface area contributed by atoms with Crippen molar-refractivity contribution < 1.29 is 0 Å². The number of hydrogen-bond donors (Lipinski definition) is 0. The third-order valence-corrected chi connectivity index (χ3v) is 18.8. The zero-order chi connectivity index (χ0) is 56.4. The molecule has 1 aliphatic heterocycles. The van der Waals surface area contributed by atoms with Crippen molar-refractivity contribution in [3.8, 4) is 61.3 Å². The van der Waals surface area contributed by atoms with Gasteiger partial charge in [-0.15, -0.1) is 0 Å². The van der Waals surface area contributed by atoms with Gasteiger partial charge in [-0.1, -0.05) is 220 Å². The minimum absolute atomic E-state index is 0.221. The van der Waals surface area contributed by atoms with Crippen LogP contribution >= 0.6 is 0 Å². The van der Waals surface area contributed by atoms with Crippen LogP contribution in [0.25, 0.3) is 83.1 Å². The molecule has 0 saturated carbocycles. The zero-order valence-electron chi connectivity index (χ0n) is 47.3. The zero-order valence-corrected chi connectivity index (χ0v) is 47.3. The molecule has 1 aromatic heterocycles. The van der Waals surface area contributed by atoms with Gasteiger partial charge in [0.25, 0.3) is 0 Å². The first-order valence-electron chi connectivity index (χ1n) is 29.6. The minimum Gasteiger partial charge on any atom is -0.310 e. The Morgan fingerprint density at radius 3 is 1.25 bits per heavy atom. The van der Waals surface area contributed by atoms with Crippen LogP contribution in [0.5, 0.6) is 0 Å². The maximum Gasteiger partial charge on any atom is 0.0726 e. The maximum absolute atomic E-state index is 2.49. The van der Waals surface area contributed by atoms with Gasteiger partial charge in [-0.3, -0.25) is 0 Å². The van der Waals surface area contributed by atoms with E-state index in [2.05, 4.69) is 338 Å². The molecule has 0 fully saturated rings. The molecule has 0 unspecified atom stereocenters. The van der Waals surface area contributed by atoms with Crippen molar-refractivity contribution in [3.63, 3.8) is 0 Å². The Morgan fingerprint density at radius 2 is 0.671 bits per heavy atom. The molecule has 14 aromatic rings. The van der Waals surface area contributed by atoms with Gasteiger partial charge in [-0.05, 0) is 192 Å². The van der Waals surface area contributed by atoms with Crippen LogP contribution in [-0.2, 0) is 10.8 Å². The molecule has 0 bridgehead atoms. The van der Waals surface area contributed by atoms with Crippen LogP contribution in [0.3, 0.4) is 0 Å². The van der Waals surface area contributed by atoms with E-state index in [9.17, 15) is 0 Å². The van der Waals surface area contributed by atoms with Crippen LogP contribution in [-0.4, -0.2) is 4.57 Å². The van der Waals surface area contributed by atoms with E-state index in [1.54, 1.807) is 0 Å². The molecule has 13 aromatic carbocycles. The Hall–Kier alpha value is -10.7. The van der Waals surface area contributed by atoms with E-state index in [0.717, 1.165) is 34.0 Å². The highest BCUT2D eigenvalue weighted by atomic mass is 15.2. The Labute approximate surface area is 496 Å². The number of aromatic nitrogens is 1. The molecule has 3 aliphatic rings. The van der Waals surface area contributed by atoms with E-state index in [4.69, 9.17) is 0 Å². The lowest BCUT2D eigenvalue weighted by Gasteiger charge is -2.42. The molecule has 0 amide bonds. The largest absolute Gasteiger partial charge is 0.310 e. The van der Waals surface area contributed by atoms with Gasteiger partial charge in [0.1, 0.15) is 0 Å². The van der Waals surface area contributed by atoms with Gasteiger partial charge >= 0.3 is 0 Å². The lowest BCUT2D eigenvalue weighted by atomic mass is 9.70. The van der Waals surface area contributed by atoms with Crippen molar-refractivity contribution in [2.75, 3.05) is 9.80 Å². The number of rotatable bonds is 8. The van der Waals surface area contributed by atoms with Crippen molar-refractivity contribution in [1.29, 1.82) is 0 Å². The van der Waals surface area contributed by atoms with Gasteiger partial charge < -0.3 is 14.4 Å². The number of nitrogens with zero attached hydrogens (tertiary/aromatic N) is 3. The molecule has 3 nitrogen and oxygen atoms in total. The first kappa shape index (κ1) is 48.9. The van der Waals surface area contributed by atoms with Gasteiger partial charge in [-0.25, -0.2) is 0 Å². The number of fused-ring (bicyclic) bond motifs is 15. The van der Waals surface area contributed by atoms with Crippen LogP contribution in [0, 0.1) is 0 Å². The predicted octanol–water partition coefficient (Wildman–Crippen LogP) is 21.7. The number of benzene rings is 13. The molecule has 2 aliphatic carbocycles. The molecule has 0 atom stereocenters. The van der Waals surface area contributed by atoms with Crippen molar-refractivity contribution in [3.05, 3.63) is 343 Å². The highest BCUT2D eigenvalue weighted by molar-refractivity contribution is 6.12. The summed E-state index contributed by atoms with van der Waals surface area (Å²) in [6, 6.07) is 115. The molecule has 0 radical (unpaired) electrons. The predicted molar refractivity (Wildman–Crippen MR) is 355 cm³/mol. The lowest BCUT2D eigenvalue weighted by molar-refractivity contribution is 0.632. The second-order valence-corrected chi connectivity index (χ2v) is 23.6. The summed E-state index contributed by atoms with van der Waals surface area (Å²) in [4.78, 5) is 4.88. The van der Waals surface area contributed by atoms with Crippen LogP contribution in [0.4, 0.5) is 34.1 Å². The summed E-state index contributed by atoms with van der Waals surface area (Å²) < 4.78 is 2.43. The van der Waals surface area contributed by atoms with Gasteiger partial charge in [0.05, 0.1) is 27.8 Å². The number of hydrogen-bond acceptors (Lipinski definition) is 2. The normalized spacial score (nSPS) is 13.7. The van der Waals surface area contributed by atoms with Crippen LogP contribution in [0.15, 0.2) is 309 Å². The topological polar surface area (TPSA) is 11.4 Å². The molecule has 2 heterocycles. The summed E-state index contributed by atoms with van der Waals surface area (Å²) in [7, 11) is 0. The lowest BCUT2D eigenvalue weighted by Crippen LogP contribution is -2.30. The summed E-state index contributed by atoms with van der Waals surface area (Å²) in [5.41, 5.74) is 30.0. The van der Waals surface area contributed by atoms with Crippen LogP contribution in [0.1, 0.15) is 47.2 Å². The second kappa shape index (κ2) is 18.9. The Kier molecular flexibility index (Phi) is 10.9. The Morgan fingerprint density at radius 1 is 0.271 bits per heavy atom. The molecule has 0 saturated heterocycles. The minimum atomic E-state index is -0.459. The maximum atomic E-state index is 2.49. The fourth-order valence-electron chi connectivity index (χ4n) is 14.9. The third-order valence-electron chi connectivity index (χ3n) is 18.8. The van der Waals surface area contributed by atoms with Gasteiger partial charge in [-0.2, -0.15) is 0 Å². The van der Waals surface area contributed by atoms with Crippen molar-refractivity contribution >= 4 is 55.9 Å². The van der Waals surface area contributed by atoms with Crippen molar-refractivity contribution in [2.45, 2.75) is 24.7 Å². The van der Waals surface area contributed by atoms with Gasteiger partial charge in [0, 0.05) is 44.6 Å². The first-order valence-corrected chi connectivity index (χ1v) is 29.6. The van der Waals surface area contributed by atoms with Crippen LogP contribution < -0.4 is 9.80 Å². The Bertz CT molecular complexity index is 4890. The van der Waals surface area contributed by atoms with E-state index < -0.39 is 5.41 Å². The summed E-state index contributed by atoms with van der Waals surface area (Å²) in [6.07, 6.45) is 0. The van der Waals surface area contributed by atoms with E-state index >= 15 is 0 Å². The monoisotopic (exact) mass is 1080 g/mol. The standard InChI is InChI=1S/C82H57N3/c1-81(2)74-32-18-19-33-79(74)85(61-24-10-5-11-25-61)80-49-40-59(52-76(80)81)58-39-48-78-70(51-58)69-50-57(38-47-77(69)84(78)60-22-8-4-9-23-60)56-36-43-63(44-37-56)83(62-41-34-55(35-42-62)54-20-6-3-7-21-54)64-45-46-68-67-28-14-17-31-73(67)82(75(68)53-64)71-29-15-12-26-65(71)66-27-13-16-30-72(66)82/h3-53H,1-2H3. The molecular weight excluding hydrogens is 1030 g/mol. The summed E-state index contributed by atoms with van der Waals surface area (Å²) in [6.45, 7) is 4.75. The van der Waals surface area contributed by atoms with E-state index in [-0.39, 0.29) is 5.41 Å². The van der Waals surface area contributed by atoms with E-state index in [0.29, 0.717) is 0 Å². The summed E-state index contributed by atoms with van der Waals surface area (Å²) in [5, 5.41) is 2.44. The SMILES string of the molecule is CC1(C)c2ccccc2N(c2ccccc2)c2ccc(-c3ccc4c(c3)c3cc(-c5ccc(N(c6ccc(-c7ccccc7)cc6)c6ccc7c(c6)C6(c8ccccc8-c8ccccc86)c6ccccc6-7)cc5)ccc3n4-c3ccccc3)cc21. The van der Waals surface area contributed by atoms with Gasteiger partial charge in [0.15, 0.2) is 0 Å². The van der Waals surface area contributed by atoms with Crippen LogP contribution in [0.2, 0.25) is 0 Å². The average molecular weight is 1080 g/mol. The fourth-order valence-corrected chi connectivity index (χ4v) is 14.9. The Balaban J connectivity index is 0.793. The molecule has 1 spiro atoms. The summed E-state index contributed by atoms with van der Waals surface area (Å²) in [5.74, 6) is 0. The highest BCUT2D eigenvalue weighted by Gasteiger charge is 2.51. The number of para-hydroxylation sites is 3. The van der Waals surface area contributed by atoms with Gasteiger partial charge in [0.2, 0.25) is 0 Å². The van der Waals surface area contributed by atoms with E-state index in [1.807, 2.05) is 0 Å². The first-order chi connectivity index (χ1) is 41.9. The quantitative estimate of drug-likeness (QED) is 0.150. The van der Waals surface area contributed by atoms with E-state index in [1.165, 1.54) is 117 Å². The molecule has 3 heteroatoms. The van der Waals surface area contributed by atoms with Crippen molar-refractivity contribution in [2.24, 2.45) is 0 Å². The molecular formula is C82H57N3. The molecule has 0 N–H and O–H groups in total.